The largest absolute Gasteiger partial charge is 0.381 e. The van der Waals surface area contributed by atoms with E-state index in [9.17, 15) is 0 Å². The molecule has 0 spiro atoms. The van der Waals surface area contributed by atoms with Crippen LogP contribution in [-0.2, 0) is 4.74 Å². The average Bonchev–Trinajstić information content (AvgIpc) is 2.48. The van der Waals surface area contributed by atoms with Crippen molar-refractivity contribution in [2.45, 2.75) is 51.4 Å². The number of benzene rings is 1. The number of hydrogen-bond acceptors (Lipinski definition) is 3. The van der Waals surface area contributed by atoms with Crippen molar-refractivity contribution in [1.82, 2.24) is 10.2 Å². The second kappa shape index (κ2) is 5.71. The van der Waals surface area contributed by atoms with Gasteiger partial charge in [0.25, 0.3) is 0 Å². The molecule has 0 amide bonds. The molecular formula is C18H28N2O. The molecule has 0 bridgehead atoms. The first-order chi connectivity index (χ1) is 10.0. The Kier molecular flexibility index (Phi) is 4.08. The molecule has 1 aromatic rings. The van der Waals surface area contributed by atoms with Crippen molar-refractivity contribution in [3.8, 4) is 0 Å². The fourth-order valence-electron chi connectivity index (χ4n) is 4.09. The normalized spacial score (nSPS) is 36.2. The van der Waals surface area contributed by atoms with Gasteiger partial charge in [-0.2, -0.15) is 0 Å². The number of nitrogens with zero attached hydrogens (tertiary/aromatic N) is 1. The van der Waals surface area contributed by atoms with E-state index in [1.165, 1.54) is 5.56 Å². The molecule has 4 atom stereocenters. The molecule has 1 aliphatic carbocycles. The van der Waals surface area contributed by atoms with Gasteiger partial charge in [0.1, 0.15) is 0 Å². The van der Waals surface area contributed by atoms with Crippen LogP contribution in [0.3, 0.4) is 0 Å². The molecule has 1 saturated carbocycles. The Morgan fingerprint density at radius 1 is 1.24 bits per heavy atom. The molecular weight excluding hydrogens is 260 g/mol. The fraction of sp³-hybridized carbons (Fsp3) is 0.667. The lowest BCUT2D eigenvalue weighted by molar-refractivity contribution is -0.152. The van der Waals surface area contributed by atoms with E-state index in [4.69, 9.17) is 4.74 Å². The monoisotopic (exact) mass is 288 g/mol. The van der Waals surface area contributed by atoms with E-state index < -0.39 is 0 Å². The van der Waals surface area contributed by atoms with Gasteiger partial charge in [-0.05, 0) is 18.9 Å². The Morgan fingerprint density at radius 2 is 1.95 bits per heavy atom. The van der Waals surface area contributed by atoms with Gasteiger partial charge in [-0.1, -0.05) is 44.2 Å². The highest BCUT2D eigenvalue weighted by atomic mass is 16.5. The summed E-state index contributed by atoms with van der Waals surface area (Å²) in [6.07, 6.45) is 1.55. The van der Waals surface area contributed by atoms with Gasteiger partial charge in [-0.3, -0.25) is 4.90 Å². The van der Waals surface area contributed by atoms with Gasteiger partial charge in [0.05, 0.1) is 6.10 Å². The van der Waals surface area contributed by atoms with Crippen molar-refractivity contribution in [3.05, 3.63) is 35.9 Å². The second-order valence-corrected chi connectivity index (χ2v) is 7.23. The van der Waals surface area contributed by atoms with Crippen LogP contribution in [0.4, 0.5) is 0 Å². The van der Waals surface area contributed by atoms with Gasteiger partial charge in [0.15, 0.2) is 0 Å². The van der Waals surface area contributed by atoms with Gasteiger partial charge in [-0.25, -0.2) is 0 Å². The Balaban J connectivity index is 1.83. The van der Waals surface area contributed by atoms with Gasteiger partial charge >= 0.3 is 0 Å². The number of hydrogen-bond donors (Lipinski definition) is 1. The molecule has 1 saturated heterocycles. The number of rotatable bonds is 3. The topological polar surface area (TPSA) is 24.5 Å². The highest BCUT2D eigenvalue weighted by Crippen LogP contribution is 2.48. The molecule has 21 heavy (non-hydrogen) atoms. The van der Waals surface area contributed by atoms with Crippen molar-refractivity contribution in [1.29, 1.82) is 0 Å². The molecule has 1 N–H and O–H groups in total. The lowest BCUT2D eigenvalue weighted by Crippen LogP contribution is -2.66. The van der Waals surface area contributed by atoms with Gasteiger partial charge in [0, 0.05) is 43.7 Å². The Labute approximate surface area is 128 Å². The van der Waals surface area contributed by atoms with Crippen LogP contribution in [0.1, 0.15) is 38.8 Å². The van der Waals surface area contributed by atoms with Crippen molar-refractivity contribution in [2.75, 3.05) is 20.2 Å². The maximum absolute atomic E-state index is 5.65. The smallest absolute Gasteiger partial charge is 0.0652 e. The summed E-state index contributed by atoms with van der Waals surface area (Å²) in [5.74, 6) is 0. The molecule has 116 valence electrons. The molecule has 1 heterocycles. The molecule has 1 aromatic carbocycles. The third-order valence-electron chi connectivity index (χ3n) is 5.54. The maximum Gasteiger partial charge on any atom is 0.0652 e. The summed E-state index contributed by atoms with van der Waals surface area (Å²) in [7, 11) is 1.84. The molecule has 2 fully saturated rings. The lowest BCUT2D eigenvalue weighted by atomic mass is 9.63. The van der Waals surface area contributed by atoms with E-state index in [0.717, 1.165) is 19.5 Å². The quantitative estimate of drug-likeness (QED) is 0.925. The number of nitrogens with one attached hydrogen (secondary N) is 1. The Bertz CT molecular complexity index is 473. The van der Waals surface area contributed by atoms with Crippen LogP contribution in [0.25, 0.3) is 0 Å². The first-order valence-corrected chi connectivity index (χ1v) is 8.11. The summed E-state index contributed by atoms with van der Waals surface area (Å²) >= 11 is 0. The van der Waals surface area contributed by atoms with Crippen LogP contribution in [0.5, 0.6) is 0 Å². The van der Waals surface area contributed by atoms with Gasteiger partial charge in [0.2, 0.25) is 0 Å². The Hall–Kier alpha value is -0.900. The first-order valence-electron chi connectivity index (χ1n) is 8.11. The summed E-state index contributed by atoms with van der Waals surface area (Å²) in [5, 5.41) is 3.64. The minimum atomic E-state index is 0.235. The fourth-order valence-corrected chi connectivity index (χ4v) is 4.09. The van der Waals surface area contributed by atoms with E-state index in [1.807, 2.05) is 7.11 Å². The highest BCUT2D eigenvalue weighted by Gasteiger charge is 2.53. The zero-order valence-electron chi connectivity index (χ0n) is 13.7. The van der Waals surface area contributed by atoms with Crippen LogP contribution < -0.4 is 5.32 Å². The molecule has 3 nitrogen and oxygen atoms in total. The van der Waals surface area contributed by atoms with E-state index in [1.54, 1.807) is 0 Å². The molecule has 4 unspecified atom stereocenters. The van der Waals surface area contributed by atoms with Gasteiger partial charge in [-0.15, -0.1) is 0 Å². The molecule has 2 aliphatic rings. The summed E-state index contributed by atoms with van der Waals surface area (Å²) in [4.78, 5) is 2.71. The van der Waals surface area contributed by atoms with Crippen molar-refractivity contribution in [3.63, 3.8) is 0 Å². The predicted octanol–water partition coefficient (Wildman–Crippen LogP) is 2.83. The number of ether oxygens (including phenoxy) is 1. The zero-order valence-corrected chi connectivity index (χ0v) is 13.7. The van der Waals surface area contributed by atoms with E-state index in [0.29, 0.717) is 24.2 Å². The van der Waals surface area contributed by atoms with Gasteiger partial charge < -0.3 is 10.1 Å². The zero-order chi connectivity index (χ0) is 15.0. The number of methoxy groups -OCH3 is 1. The minimum Gasteiger partial charge on any atom is -0.381 e. The first kappa shape index (κ1) is 15.0. The Morgan fingerprint density at radius 3 is 2.57 bits per heavy atom. The highest BCUT2D eigenvalue weighted by molar-refractivity contribution is 5.22. The van der Waals surface area contributed by atoms with Crippen molar-refractivity contribution < 1.29 is 4.74 Å². The van der Waals surface area contributed by atoms with Crippen LogP contribution in [0.2, 0.25) is 0 Å². The lowest BCUT2D eigenvalue weighted by Gasteiger charge is -2.59. The average molecular weight is 288 g/mol. The summed E-state index contributed by atoms with van der Waals surface area (Å²) in [5.41, 5.74) is 1.66. The minimum absolute atomic E-state index is 0.235. The van der Waals surface area contributed by atoms with Crippen LogP contribution in [0.15, 0.2) is 30.3 Å². The van der Waals surface area contributed by atoms with Crippen LogP contribution in [-0.4, -0.2) is 43.3 Å². The van der Waals surface area contributed by atoms with E-state index in [-0.39, 0.29) is 5.41 Å². The molecule has 3 rings (SSSR count). The van der Waals surface area contributed by atoms with Crippen LogP contribution in [0, 0.1) is 5.41 Å². The maximum atomic E-state index is 5.65. The number of piperazine rings is 1. The standard InChI is InChI=1S/C18H28N2O/c1-13-12-20(16-10-17(21-4)18(16,2)3)15(11-19-13)14-8-6-5-7-9-14/h5-9,13,15-17,19H,10-12H2,1-4H3. The molecule has 3 heteroatoms. The SMILES string of the molecule is COC1CC(N2CC(C)NCC2c2ccccc2)C1(C)C. The third kappa shape index (κ3) is 2.63. The summed E-state index contributed by atoms with van der Waals surface area (Å²) in [6, 6.07) is 12.6. The summed E-state index contributed by atoms with van der Waals surface area (Å²) < 4.78 is 5.65. The summed E-state index contributed by atoms with van der Waals surface area (Å²) in [6.45, 7) is 9.14. The molecule has 0 aromatic heterocycles. The molecule has 0 radical (unpaired) electrons. The second-order valence-electron chi connectivity index (χ2n) is 7.23. The van der Waals surface area contributed by atoms with Crippen molar-refractivity contribution >= 4 is 0 Å². The predicted molar refractivity (Wildman–Crippen MR) is 86.3 cm³/mol. The van der Waals surface area contributed by atoms with Crippen LogP contribution >= 0.6 is 0 Å². The molecule has 1 aliphatic heterocycles. The van der Waals surface area contributed by atoms with Crippen molar-refractivity contribution in [2.24, 2.45) is 5.41 Å². The third-order valence-corrected chi connectivity index (χ3v) is 5.54. The van der Waals surface area contributed by atoms with E-state index in [2.05, 4.69) is 61.3 Å². The van der Waals surface area contributed by atoms with E-state index >= 15 is 0 Å².